The normalized spacial score (nSPS) is 17.8. The largest absolute Gasteiger partial charge is 0.336 e. The summed E-state index contributed by atoms with van der Waals surface area (Å²) >= 11 is 0. The summed E-state index contributed by atoms with van der Waals surface area (Å²) < 4.78 is 0. The van der Waals surface area contributed by atoms with Crippen LogP contribution in [0.1, 0.15) is 36.2 Å². The lowest BCUT2D eigenvalue weighted by atomic mass is 10.1. The quantitative estimate of drug-likeness (QED) is 0.734. The average molecular weight is 223 g/mol. The average Bonchev–Trinajstić information content (AvgIpc) is 2.77. The fourth-order valence-electron chi connectivity index (χ4n) is 1.79. The molecule has 0 aliphatic carbocycles. The number of H-pyrrole nitrogens is 1. The second kappa shape index (κ2) is 4.61. The maximum atomic E-state index is 12.0. The lowest BCUT2D eigenvalue weighted by molar-refractivity contribution is 0.0702. The fourth-order valence-corrected chi connectivity index (χ4v) is 1.79. The monoisotopic (exact) mass is 223 g/mol. The fraction of sp³-hybridized carbons (Fsp3) is 0.700. The number of carbonyl (C=O) groups excluding carboxylic acids is 1. The third kappa shape index (κ3) is 2.21. The first-order chi connectivity index (χ1) is 7.70. The van der Waals surface area contributed by atoms with Crippen molar-refractivity contribution < 1.29 is 4.79 Å². The third-order valence-corrected chi connectivity index (χ3v) is 2.88. The van der Waals surface area contributed by atoms with Gasteiger partial charge in [0.15, 0.2) is 0 Å². The Morgan fingerprint density at radius 2 is 2.25 bits per heavy atom. The molecule has 1 aliphatic rings. The van der Waals surface area contributed by atoms with Crippen molar-refractivity contribution in [2.75, 3.05) is 13.1 Å². The van der Waals surface area contributed by atoms with Crippen molar-refractivity contribution in [3.05, 3.63) is 11.6 Å². The molecule has 0 aromatic carbocycles. The number of nitrogens with one attached hydrogen (secondary N) is 1. The number of aromatic amines is 1. The van der Waals surface area contributed by atoms with Crippen LogP contribution in [0.25, 0.3) is 0 Å². The van der Waals surface area contributed by atoms with Crippen LogP contribution in [-0.2, 0) is 6.42 Å². The summed E-state index contributed by atoms with van der Waals surface area (Å²) in [6, 6.07) is 0.224. The van der Waals surface area contributed by atoms with Gasteiger partial charge < -0.3 is 10.6 Å². The Morgan fingerprint density at radius 1 is 1.56 bits per heavy atom. The summed E-state index contributed by atoms with van der Waals surface area (Å²) in [6.45, 7) is 3.38. The SMILES string of the molecule is CCc1nc(C(=O)N2CCC(N)CC2)n[nH]1. The Hall–Kier alpha value is -1.43. The summed E-state index contributed by atoms with van der Waals surface area (Å²) in [7, 11) is 0. The highest BCUT2D eigenvalue weighted by molar-refractivity contribution is 5.90. The number of aromatic nitrogens is 3. The summed E-state index contributed by atoms with van der Waals surface area (Å²) in [4.78, 5) is 17.9. The van der Waals surface area contributed by atoms with Gasteiger partial charge in [0, 0.05) is 25.6 Å². The predicted molar refractivity (Wildman–Crippen MR) is 58.9 cm³/mol. The summed E-state index contributed by atoms with van der Waals surface area (Å²) in [5.74, 6) is 0.923. The van der Waals surface area contributed by atoms with Gasteiger partial charge in [-0.2, -0.15) is 0 Å². The number of rotatable bonds is 2. The molecule has 1 saturated heterocycles. The number of carbonyl (C=O) groups is 1. The minimum Gasteiger partial charge on any atom is -0.336 e. The van der Waals surface area contributed by atoms with Gasteiger partial charge in [-0.3, -0.25) is 9.89 Å². The molecule has 0 unspecified atom stereocenters. The molecule has 1 aromatic rings. The predicted octanol–water partition coefficient (Wildman–Crippen LogP) is -0.0696. The molecule has 0 bridgehead atoms. The second-order valence-corrected chi connectivity index (χ2v) is 4.09. The first kappa shape index (κ1) is 11.1. The van der Waals surface area contributed by atoms with Gasteiger partial charge in [-0.25, -0.2) is 4.98 Å². The van der Waals surface area contributed by atoms with Crippen LogP contribution in [0.4, 0.5) is 0 Å². The number of aryl methyl sites for hydroxylation is 1. The van der Waals surface area contributed by atoms with E-state index in [0.717, 1.165) is 25.1 Å². The van der Waals surface area contributed by atoms with Gasteiger partial charge in [0.2, 0.25) is 5.82 Å². The molecule has 6 heteroatoms. The molecule has 88 valence electrons. The molecule has 16 heavy (non-hydrogen) atoms. The van der Waals surface area contributed by atoms with Crippen molar-refractivity contribution >= 4 is 5.91 Å². The van der Waals surface area contributed by atoms with E-state index in [-0.39, 0.29) is 17.8 Å². The molecule has 1 amide bonds. The smallest absolute Gasteiger partial charge is 0.293 e. The number of hydrogen-bond donors (Lipinski definition) is 2. The highest BCUT2D eigenvalue weighted by Gasteiger charge is 2.24. The van der Waals surface area contributed by atoms with Gasteiger partial charge in [0.05, 0.1) is 0 Å². The van der Waals surface area contributed by atoms with E-state index in [1.807, 2.05) is 6.92 Å². The Labute approximate surface area is 94.2 Å². The van der Waals surface area contributed by atoms with Gasteiger partial charge in [-0.05, 0) is 12.8 Å². The summed E-state index contributed by atoms with van der Waals surface area (Å²) in [5, 5.41) is 6.67. The van der Waals surface area contributed by atoms with Crippen LogP contribution < -0.4 is 5.73 Å². The third-order valence-electron chi connectivity index (χ3n) is 2.88. The van der Waals surface area contributed by atoms with Crippen molar-refractivity contribution in [3.63, 3.8) is 0 Å². The first-order valence-electron chi connectivity index (χ1n) is 5.67. The number of likely N-dealkylation sites (tertiary alicyclic amines) is 1. The Kier molecular flexibility index (Phi) is 3.19. The molecule has 2 heterocycles. The van der Waals surface area contributed by atoms with Crippen LogP contribution in [0, 0.1) is 0 Å². The van der Waals surface area contributed by atoms with E-state index in [4.69, 9.17) is 5.73 Å². The van der Waals surface area contributed by atoms with Crippen LogP contribution in [0.15, 0.2) is 0 Å². The van der Waals surface area contributed by atoms with Gasteiger partial charge in [-0.15, -0.1) is 5.10 Å². The van der Waals surface area contributed by atoms with Gasteiger partial charge >= 0.3 is 0 Å². The molecule has 3 N–H and O–H groups in total. The topological polar surface area (TPSA) is 87.9 Å². The van der Waals surface area contributed by atoms with Crippen molar-refractivity contribution in [1.82, 2.24) is 20.1 Å². The van der Waals surface area contributed by atoms with Crippen LogP contribution in [0.3, 0.4) is 0 Å². The lowest BCUT2D eigenvalue weighted by Gasteiger charge is -2.29. The summed E-state index contributed by atoms with van der Waals surface area (Å²) in [6.07, 6.45) is 2.47. The number of piperidine rings is 1. The molecular weight excluding hydrogens is 206 g/mol. The van der Waals surface area contributed by atoms with Crippen LogP contribution in [0.5, 0.6) is 0 Å². The molecule has 1 fully saturated rings. The van der Waals surface area contributed by atoms with E-state index in [9.17, 15) is 4.79 Å². The second-order valence-electron chi connectivity index (χ2n) is 4.09. The number of hydrogen-bond acceptors (Lipinski definition) is 4. The molecule has 1 aromatic heterocycles. The maximum Gasteiger partial charge on any atom is 0.293 e. The van der Waals surface area contributed by atoms with E-state index < -0.39 is 0 Å². The molecule has 2 rings (SSSR count). The van der Waals surface area contributed by atoms with Gasteiger partial charge in [-0.1, -0.05) is 6.92 Å². The zero-order chi connectivity index (χ0) is 11.5. The molecule has 0 radical (unpaired) electrons. The van der Waals surface area contributed by atoms with E-state index in [0.29, 0.717) is 13.1 Å². The van der Waals surface area contributed by atoms with E-state index >= 15 is 0 Å². The molecule has 1 aliphatic heterocycles. The standard InChI is InChI=1S/C10H17N5O/c1-2-8-12-9(14-13-8)10(16)15-5-3-7(11)4-6-15/h7H,2-6,11H2,1H3,(H,12,13,14). The van der Waals surface area contributed by atoms with E-state index in [1.54, 1.807) is 4.90 Å². The molecular formula is C10H17N5O. The number of amides is 1. The van der Waals surface area contributed by atoms with Crippen molar-refractivity contribution in [1.29, 1.82) is 0 Å². The van der Waals surface area contributed by atoms with Crippen LogP contribution in [-0.4, -0.2) is 45.1 Å². The van der Waals surface area contributed by atoms with E-state index in [2.05, 4.69) is 15.2 Å². The van der Waals surface area contributed by atoms with Crippen molar-refractivity contribution in [3.8, 4) is 0 Å². The minimum absolute atomic E-state index is 0.0946. The maximum absolute atomic E-state index is 12.0. The Morgan fingerprint density at radius 3 is 2.81 bits per heavy atom. The lowest BCUT2D eigenvalue weighted by Crippen LogP contribution is -2.43. The molecule has 6 nitrogen and oxygen atoms in total. The highest BCUT2D eigenvalue weighted by atomic mass is 16.2. The number of nitrogens with zero attached hydrogens (tertiary/aromatic N) is 3. The van der Waals surface area contributed by atoms with E-state index in [1.165, 1.54) is 0 Å². The molecule has 0 spiro atoms. The summed E-state index contributed by atoms with van der Waals surface area (Å²) in [5.41, 5.74) is 5.79. The number of nitrogens with two attached hydrogens (primary N) is 1. The highest BCUT2D eigenvalue weighted by Crippen LogP contribution is 2.10. The molecule has 0 saturated carbocycles. The zero-order valence-electron chi connectivity index (χ0n) is 9.44. The van der Waals surface area contributed by atoms with Gasteiger partial charge in [0.1, 0.15) is 5.82 Å². The first-order valence-corrected chi connectivity index (χ1v) is 5.67. The van der Waals surface area contributed by atoms with Crippen LogP contribution >= 0.6 is 0 Å². The van der Waals surface area contributed by atoms with Crippen molar-refractivity contribution in [2.45, 2.75) is 32.2 Å². The zero-order valence-corrected chi connectivity index (χ0v) is 9.44. The Balaban J connectivity index is 2.01. The van der Waals surface area contributed by atoms with Crippen molar-refractivity contribution in [2.24, 2.45) is 5.73 Å². The van der Waals surface area contributed by atoms with Crippen LogP contribution in [0.2, 0.25) is 0 Å². The van der Waals surface area contributed by atoms with Gasteiger partial charge in [0.25, 0.3) is 5.91 Å². The Bertz CT molecular complexity index is 367. The minimum atomic E-state index is -0.0946. The molecule has 0 atom stereocenters.